The van der Waals surface area contributed by atoms with E-state index in [2.05, 4.69) is 0 Å². The van der Waals surface area contributed by atoms with E-state index in [-0.39, 0.29) is 0 Å². The molecule has 0 rings (SSSR count). The van der Waals surface area contributed by atoms with Crippen LogP contribution in [0.1, 0.15) is 26.7 Å². The number of hydrogen-bond donors (Lipinski definition) is 1. The first-order valence-electron chi connectivity index (χ1n) is 2.97. The van der Waals surface area contributed by atoms with Gasteiger partial charge in [0.25, 0.3) is 0 Å². The Bertz CT molecular complexity index is 42.5. The van der Waals surface area contributed by atoms with Crippen molar-refractivity contribution in [2.45, 2.75) is 33.0 Å². The summed E-state index contributed by atoms with van der Waals surface area (Å²) in [7, 11) is 0. The van der Waals surface area contributed by atoms with Gasteiger partial charge in [-0.1, -0.05) is 13.8 Å². The zero-order valence-electron chi connectivity index (χ0n) is 5.42. The number of hydrogen-bond acceptors (Lipinski definition) is 1. The van der Waals surface area contributed by atoms with Crippen LogP contribution < -0.4 is 0 Å². The van der Waals surface area contributed by atoms with E-state index in [4.69, 9.17) is 5.11 Å². The highest BCUT2D eigenvalue weighted by atomic mass is 16.5. The molecule has 0 aromatic carbocycles. The van der Waals surface area contributed by atoms with Gasteiger partial charge in [-0.2, -0.15) is 0 Å². The first-order valence-corrected chi connectivity index (χ1v) is 2.97. The average molecular weight is 117 g/mol. The molecule has 0 heterocycles. The molecule has 0 saturated heterocycles. The Balaban J connectivity index is 2.93. The molecule has 0 aromatic heterocycles. The van der Waals surface area contributed by atoms with Crippen molar-refractivity contribution in [3.8, 4) is 0 Å². The van der Waals surface area contributed by atoms with E-state index in [9.17, 15) is 5.11 Å². The van der Waals surface area contributed by atoms with Crippen molar-refractivity contribution in [2.75, 3.05) is 0 Å². The number of aliphatic hydroxyl groups excluding tert-OH is 1. The summed E-state index contributed by atoms with van der Waals surface area (Å²) >= 11 is 0. The maximum absolute atomic E-state index is 9.99. The minimum atomic E-state index is -1.36. The second-order valence-corrected chi connectivity index (χ2v) is 2.43. The Morgan fingerprint density at radius 2 is 1.88 bits per heavy atom. The molecule has 0 aliphatic rings. The predicted octanol–water partition coefficient (Wildman–Crippen LogP) is 1.17. The Kier molecular flexibility index (Phi) is 3.83. The molecule has 0 fully saturated rings. The molecule has 1 atom stereocenters. The molecule has 1 N–H and O–H groups in total. The van der Waals surface area contributed by atoms with Crippen LogP contribution in [0.25, 0.3) is 0 Å². The molecule has 0 saturated carbocycles. The second-order valence-electron chi connectivity index (χ2n) is 2.43. The minimum Gasteiger partial charge on any atom is -0.366 e. The summed E-state index contributed by atoms with van der Waals surface area (Å²) in [6.07, 6.45) is -0.153. The van der Waals surface area contributed by atoms with Crippen molar-refractivity contribution in [1.82, 2.24) is 0 Å². The van der Waals surface area contributed by atoms with Crippen molar-refractivity contribution in [3.63, 3.8) is 0 Å². The standard InChI is InChI=1S/C6H13O2/c1-5(2)3-4-6(7)8/h5-7H,3-4H2,1-2H3. The van der Waals surface area contributed by atoms with Crippen LogP contribution in [0.4, 0.5) is 0 Å². The molecule has 49 valence electrons. The van der Waals surface area contributed by atoms with E-state index in [0.29, 0.717) is 12.3 Å². The predicted molar refractivity (Wildman–Crippen MR) is 30.8 cm³/mol. The third-order valence-electron chi connectivity index (χ3n) is 0.991. The van der Waals surface area contributed by atoms with Gasteiger partial charge in [-0.3, -0.25) is 0 Å². The van der Waals surface area contributed by atoms with Crippen LogP contribution in [0, 0.1) is 5.92 Å². The Morgan fingerprint density at radius 3 is 2.00 bits per heavy atom. The van der Waals surface area contributed by atoms with Crippen molar-refractivity contribution in [2.24, 2.45) is 5.92 Å². The molecule has 8 heavy (non-hydrogen) atoms. The van der Waals surface area contributed by atoms with Crippen LogP contribution in [0.5, 0.6) is 0 Å². The zero-order chi connectivity index (χ0) is 6.57. The molecule has 0 aliphatic heterocycles. The fraction of sp³-hybridized carbons (Fsp3) is 1.00. The summed E-state index contributed by atoms with van der Waals surface area (Å²) in [5, 5.41) is 18.2. The van der Waals surface area contributed by atoms with Crippen molar-refractivity contribution < 1.29 is 10.2 Å². The Hall–Kier alpha value is -0.0800. The van der Waals surface area contributed by atoms with Crippen molar-refractivity contribution >= 4 is 0 Å². The summed E-state index contributed by atoms with van der Waals surface area (Å²) in [6.45, 7) is 4.06. The first kappa shape index (κ1) is 7.92. The molecule has 1 unspecified atom stereocenters. The van der Waals surface area contributed by atoms with E-state index < -0.39 is 6.29 Å². The van der Waals surface area contributed by atoms with Gasteiger partial charge in [-0.15, -0.1) is 0 Å². The van der Waals surface area contributed by atoms with Gasteiger partial charge in [0.15, 0.2) is 6.29 Å². The molecular weight excluding hydrogens is 104 g/mol. The van der Waals surface area contributed by atoms with Gasteiger partial charge in [-0.25, -0.2) is 5.11 Å². The summed E-state index contributed by atoms with van der Waals surface area (Å²) < 4.78 is 0. The van der Waals surface area contributed by atoms with Crippen LogP contribution in [-0.4, -0.2) is 11.4 Å². The molecule has 2 nitrogen and oxygen atoms in total. The van der Waals surface area contributed by atoms with Gasteiger partial charge in [0.05, 0.1) is 0 Å². The van der Waals surface area contributed by atoms with Gasteiger partial charge in [0.2, 0.25) is 0 Å². The zero-order valence-corrected chi connectivity index (χ0v) is 5.42. The summed E-state index contributed by atoms with van der Waals surface area (Å²) in [5.41, 5.74) is 0. The van der Waals surface area contributed by atoms with Crippen LogP contribution in [0.15, 0.2) is 0 Å². The van der Waals surface area contributed by atoms with Crippen molar-refractivity contribution in [3.05, 3.63) is 0 Å². The monoisotopic (exact) mass is 117 g/mol. The van der Waals surface area contributed by atoms with Crippen LogP contribution in [-0.2, 0) is 5.11 Å². The molecule has 0 aromatic rings. The van der Waals surface area contributed by atoms with Gasteiger partial charge in [-0.05, 0) is 12.3 Å². The summed E-state index contributed by atoms with van der Waals surface area (Å²) in [4.78, 5) is 0. The lowest BCUT2D eigenvalue weighted by Crippen LogP contribution is -2.03. The Morgan fingerprint density at radius 1 is 1.38 bits per heavy atom. The van der Waals surface area contributed by atoms with Crippen LogP contribution in [0.3, 0.4) is 0 Å². The van der Waals surface area contributed by atoms with E-state index in [1.165, 1.54) is 0 Å². The maximum Gasteiger partial charge on any atom is 0.188 e. The molecule has 0 bridgehead atoms. The third kappa shape index (κ3) is 5.92. The van der Waals surface area contributed by atoms with E-state index in [0.717, 1.165) is 6.42 Å². The quantitative estimate of drug-likeness (QED) is 0.554. The average Bonchev–Trinajstić information content (AvgIpc) is 1.61. The van der Waals surface area contributed by atoms with E-state index in [1.54, 1.807) is 0 Å². The largest absolute Gasteiger partial charge is 0.366 e. The van der Waals surface area contributed by atoms with Gasteiger partial charge in [0.1, 0.15) is 0 Å². The smallest absolute Gasteiger partial charge is 0.188 e. The normalized spacial score (nSPS) is 11.2. The molecular formula is C6H13O2. The summed E-state index contributed by atoms with van der Waals surface area (Å²) in [5.74, 6) is 0.526. The number of aliphatic hydroxyl groups is 1. The lowest BCUT2D eigenvalue weighted by Gasteiger charge is -2.02. The molecule has 0 amide bonds. The van der Waals surface area contributed by atoms with Crippen LogP contribution in [0.2, 0.25) is 0 Å². The van der Waals surface area contributed by atoms with Crippen LogP contribution >= 0.6 is 0 Å². The lowest BCUT2D eigenvalue weighted by atomic mass is 10.1. The van der Waals surface area contributed by atoms with Gasteiger partial charge < -0.3 is 5.11 Å². The maximum atomic E-state index is 9.99. The Labute approximate surface area is 50.2 Å². The summed E-state index contributed by atoms with van der Waals surface area (Å²) in [6, 6.07) is 0. The van der Waals surface area contributed by atoms with Gasteiger partial charge >= 0.3 is 0 Å². The fourth-order valence-electron chi connectivity index (χ4n) is 0.476. The highest BCUT2D eigenvalue weighted by Crippen LogP contribution is 2.04. The third-order valence-corrected chi connectivity index (χ3v) is 0.991. The lowest BCUT2D eigenvalue weighted by molar-refractivity contribution is -0.0980. The molecule has 2 heteroatoms. The van der Waals surface area contributed by atoms with E-state index >= 15 is 0 Å². The molecule has 1 radical (unpaired) electrons. The number of rotatable bonds is 3. The molecule has 0 aliphatic carbocycles. The highest BCUT2D eigenvalue weighted by Gasteiger charge is 2.00. The van der Waals surface area contributed by atoms with Crippen molar-refractivity contribution in [1.29, 1.82) is 0 Å². The first-order chi connectivity index (χ1) is 3.63. The fourth-order valence-corrected chi connectivity index (χ4v) is 0.476. The van der Waals surface area contributed by atoms with Gasteiger partial charge in [0, 0.05) is 6.42 Å². The SMILES string of the molecule is CC(C)CCC([O])O. The van der Waals surface area contributed by atoms with E-state index in [1.807, 2.05) is 13.8 Å². The minimum absolute atomic E-state index is 0.387. The highest BCUT2D eigenvalue weighted by molar-refractivity contribution is 4.45. The second kappa shape index (κ2) is 3.87. The molecule has 0 spiro atoms. The topological polar surface area (TPSA) is 40.1 Å².